The molecule has 17 heavy (non-hydrogen) atoms. The van der Waals surface area contributed by atoms with Gasteiger partial charge in [0.15, 0.2) is 0 Å². The molecule has 0 radical (unpaired) electrons. The Hall–Kier alpha value is -0.610. The van der Waals surface area contributed by atoms with Gasteiger partial charge in [-0.3, -0.25) is 4.79 Å². The minimum Gasteiger partial charge on any atom is -0.378 e. The second kappa shape index (κ2) is 7.67. The highest BCUT2D eigenvalue weighted by molar-refractivity contribution is 5.75. The zero-order valence-electron chi connectivity index (χ0n) is 11.1. The predicted octanol–water partition coefficient (Wildman–Crippen LogP) is 1.29. The molecule has 4 nitrogen and oxygen atoms in total. The third-order valence-corrected chi connectivity index (χ3v) is 3.62. The molecule has 0 aromatic carbocycles. The van der Waals surface area contributed by atoms with E-state index in [1.54, 1.807) is 0 Å². The molecule has 1 amide bonds. The molecule has 0 aromatic heterocycles. The van der Waals surface area contributed by atoms with Gasteiger partial charge in [-0.15, -0.1) is 0 Å². The molecule has 0 bridgehead atoms. The van der Waals surface area contributed by atoms with Crippen molar-refractivity contribution in [3.63, 3.8) is 0 Å². The molecule has 0 spiro atoms. The van der Waals surface area contributed by atoms with E-state index < -0.39 is 0 Å². The zero-order chi connectivity index (χ0) is 12.7. The van der Waals surface area contributed by atoms with E-state index in [0.29, 0.717) is 24.8 Å². The molecule has 3 unspecified atom stereocenters. The van der Waals surface area contributed by atoms with Crippen molar-refractivity contribution < 1.29 is 9.53 Å². The van der Waals surface area contributed by atoms with Crippen LogP contribution in [0, 0.1) is 11.8 Å². The summed E-state index contributed by atoms with van der Waals surface area (Å²) in [6, 6.07) is 0. The van der Waals surface area contributed by atoms with Crippen LogP contribution >= 0.6 is 0 Å². The van der Waals surface area contributed by atoms with Crippen LogP contribution in [-0.4, -0.2) is 31.7 Å². The summed E-state index contributed by atoms with van der Waals surface area (Å²) in [6.07, 6.45) is 3.89. The number of amides is 1. The first-order valence-corrected chi connectivity index (χ1v) is 6.71. The molecule has 0 saturated carbocycles. The Morgan fingerprint density at radius 2 is 2.29 bits per heavy atom. The van der Waals surface area contributed by atoms with Gasteiger partial charge in [0.25, 0.3) is 0 Å². The predicted molar refractivity (Wildman–Crippen MR) is 68.6 cm³/mol. The van der Waals surface area contributed by atoms with E-state index in [4.69, 9.17) is 10.5 Å². The van der Waals surface area contributed by atoms with Gasteiger partial charge in [-0.1, -0.05) is 6.92 Å². The second-order valence-corrected chi connectivity index (χ2v) is 5.15. The highest BCUT2D eigenvalue weighted by Crippen LogP contribution is 2.19. The molecule has 1 heterocycles. The Bertz CT molecular complexity index is 233. The summed E-state index contributed by atoms with van der Waals surface area (Å²) >= 11 is 0. The fraction of sp³-hybridized carbons (Fsp3) is 0.923. The highest BCUT2D eigenvalue weighted by atomic mass is 16.5. The first kappa shape index (κ1) is 14.5. The van der Waals surface area contributed by atoms with Gasteiger partial charge in [0.2, 0.25) is 5.91 Å². The number of nitrogens with one attached hydrogen (secondary N) is 1. The largest absolute Gasteiger partial charge is 0.378 e. The normalized spacial score (nSPS) is 25.8. The van der Waals surface area contributed by atoms with Gasteiger partial charge in [-0.2, -0.15) is 0 Å². The molecule has 1 aliphatic heterocycles. The lowest BCUT2D eigenvalue weighted by Crippen LogP contribution is -2.32. The standard InChI is InChI=1S/C13H26N2O2/c1-10(5-7-14)3-4-13(16)15-9-12-6-8-17-11(12)2/h10-12H,3-9,14H2,1-2H3,(H,15,16). The third-order valence-electron chi connectivity index (χ3n) is 3.62. The summed E-state index contributed by atoms with van der Waals surface area (Å²) in [5, 5.41) is 3.00. The Balaban J connectivity index is 2.08. The van der Waals surface area contributed by atoms with Crippen molar-refractivity contribution in [3.05, 3.63) is 0 Å². The summed E-state index contributed by atoms with van der Waals surface area (Å²) in [5.41, 5.74) is 5.48. The lowest BCUT2D eigenvalue weighted by atomic mass is 10.0. The van der Waals surface area contributed by atoms with Gasteiger partial charge in [-0.25, -0.2) is 0 Å². The van der Waals surface area contributed by atoms with Crippen LogP contribution in [-0.2, 0) is 9.53 Å². The number of hydrogen-bond donors (Lipinski definition) is 2. The minimum atomic E-state index is 0.160. The van der Waals surface area contributed by atoms with Crippen LogP contribution in [0.2, 0.25) is 0 Å². The van der Waals surface area contributed by atoms with Crippen molar-refractivity contribution in [1.82, 2.24) is 5.32 Å². The van der Waals surface area contributed by atoms with E-state index in [2.05, 4.69) is 19.2 Å². The average molecular weight is 242 g/mol. The molecular weight excluding hydrogens is 216 g/mol. The summed E-state index contributed by atoms with van der Waals surface area (Å²) in [5.74, 6) is 1.19. The topological polar surface area (TPSA) is 64.4 Å². The van der Waals surface area contributed by atoms with Crippen LogP contribution in [0.5, 0.6) is 0 Å². The van der Waals surface area contributed by atoms with Crippen LogP contribution in [0.1, 0.15) is 39.5 Å². The van der Waals surface area contributed by atoms with Gasteiger partial charge in [0.1, 0.15) is 0 Å². The SMILES string of the molecule is CC(CCN)CCC(=O)NCC1CCOC1C. The van der Waals surface area contributed by atoms with Crippen LogP contribution in [0.15, 0.2) is 0 Å². The Morgan fingerprint density at radius 3 is 2.88 bits per heavy atom. The van der Waals surface area contributed by atoms with Gasteiger partial charge >= 0.3 is 0 Å². The summed E-state index contributed by atoms with van der Waals surface area (Å²) < 4.78 is 5.46. The van der Waals surface area contributed by atoms with Crippen LogP contribution in [0.25, 0.3) is 0 Å². The van der Waals surface area contributed by atoms with Crippen molar-refractivity contribution in [2.75, 3.05) is 19.7 Å². The van der Waals surface area contributed by atoms with E-state index >= 15 is 0 Å². The van der Waals surface area contributed by atoms with E-state index in [1.165, 1.54) is 0 Å². The zero-order valence-corrected chi connectivity index (χ0v) is 11.1. The maximum absolute atomic E-state index is 11.6. The monoisotopic (exact) mass is 242 g/mol. The van der Waals surface area contributed by atoms with Crippen molar-refractivity contribution >= 4 is 5.91 Å². The lowest BCUT2D eigenvalue weighted by molar-refractivity contribution is -0.121. The summed E-state index contributed by atoms with van der Waals surface area (Å²) in [7, 11) is 0. The lowest BCUT2D eigenvalue weighted by Gasteiger charge is -2.15. The van der Waals surface area contributed by atoms with Crippen molar-refractivity contribution in [1.29, 1.82) is 0 Å². The summed E-state index contributed by atoms with van der Waals surface area (Å²) in [4.78, 5) is 11.6. The van der Waals surface area contributed by atoms with E-state index in [9.17, 15) is 4.79 Å². The molecule has 1 saturated heterocycles. The highest BCUT2D eigenvalue weighted by Gasteiger charge is 2.24. The van der Waals surface area contributed by atoms with Crippen LogP contribution in [0.4, 0.5) is 0 Å². The molecule has 0 aromatic rings. The fourth-order valence-electron chi connectivity index (χ4n) is 2.18. The van der Waals surface area contributed by atoms with Crippen molar-refractivity contribution in [3.8, 4) is 0 Å². The fourth-order valence-corrected chi connectivity index (χ4v) is 2.18. The number of rotatable bonds is 7. The minimum absolute atomic E-state index is 0.160. The number of carbonyl (C=O) groups is 1. The molecule has 1 aliphatic rings. The smallest absolute Gasteiger partial charge is 0.220 e. The Kier molecular flexibility index (Phi) is 6.52. The number of nitrogens with two attached hydrogens (primary N) is 1. The second-order valence-electron chi connectivity index (χ2n) is 5.15. The Morgan fingerprint density at radius 1 is 1.53 bits per heavy atom. The first-order chi connectivity index (χ1) is 8.13. The molecular formula is C13H26N2O2. The molecule has 1 fully saturated rings. The molecule has 1 rings (SSSR count). The molecule has 0 aliphatic carbocycles. The van der Waals surface area contributed by atoms with E-state index in [-0.39, 0.29) is 12.0 Å². The van der Waals surface area contributed by atoms with Crippen molar-refractivity contribution in [2.45, 2.75) is 45.6 Å². The molecule has 100 valence electrons. The van der Waals surface area contributed by atoms with Crippen molar-refractivity contribution in [2.24, 2.45) is 17.6 Å². The quantitative estimate of drug-likeness (QED) is 0.707. The summed E-state index contributed by atoms with van der Waals surface area (Å²) in [6.45, 7) is 6.51. The maximum Gasteiger partial charge on any atom is 0.220 e. The third kappa shape index (κ3) is 5.50. The Labute approximate surface area is 104 Å². The molecule has 3 N–H and O–H groups in total. The number of carbonyl (C=O) groups excluding carboxylic acids is 1. The van der Waals surface area contributed by atoms with Gasteiger partial charge in [-0.05, 0) is 38.6 Å². The van der Waals surface area contributed by atoms with Gasteiger partial charge < -0.3 is 15.8 Å². The van der Waals surface area contributed by atoms with Crippen LogP contribution in [0.3, 0.4) is 0 Å². The molecule has 4 heteroatoms. The van der Waals surface area contributed by atoms with Gasteiger partial charge in [0.05, 0.1) is 6.10 Å². The van der Waals surface area contributed by atoms with E-state index in [1.807, 2.05) is 0 Å². The maximum atomic E-state index is 11.6. The van der Waals surface area contributed by atoms with E-state index in [0.717, 1.165) is 32.4 Å². The number of ether oxygens (including phenoxy) is 1. The molecule has 3 atom stereocenters. The van der Waals surface area contributed by atoms with Gasteiger partial charge in [0, 0.05) is 25.5 Å². The number of hydrogen-bond acceptors (Lipinski definition) is 3. The average Bonchev–Trinajstić information content (AvgIpc) is 2.70. The van der Waals surface area contributed by atoms with Crippen LogP contribution < -0.4 is 11.1 Å². The first-order valence-electron chi connectivity index (χ1n) is 6.71.